The lowest BCUT2D eigenvalue weighted by atomic mass is 9.99. The number of aromatic nitrogens is 3. The number of hydrogen-bond acceptors (Lipinski definition) is 5. The zero-order valence-electron chi connectivity index (χ0n) is 18.1. The molecule has 0 unspecified atom stereocenters. The summed E-state index contributed by atoms with van der Waals surface area (Å²) in [5, 5.41) is 16.5. The Kier molecular flexibility index (Phi) is 6.72. The third-order valence-electron chi connectivity index (χ3n) is 4.72. The van der Waals surface area contributed by atoms with Crippen LogP contribution in [0.3, 0.4) is 0 Å². The van der Waals surface area contributed by atoms with Crippen molar-refractivity contribution in [2.75, 3.05) is 6.61 Å². The second-order valence-electron chi connectivity index (χ2n) is 8.41. The molecule has 2 heterocycles. The first-order valence-electron chi connectivity index (χ1n) is 10.3. The second-order valence-corrected chi connectivity index (χ2v) is 8.41. The first-order chi connectivity index (χ1) is 14.3. The van der Waals surface area contributed by atoms with Gasteiger partial charge in [-0.15, -0.1) is 0 Å². The predicted octanol–water partition coefficient (Wildman–Crippen LogP) is 4.20. The van der Waals surface area contributed by atoms with Gasteiger partial charge in [-0.05, 0) is 63.3 Å². The summed E-state index contributed by atoms with van der Waals surface area (Å²) in [5.41, 5.74) is 5.39. The van der Waals surface area contributed by atoms with E-state index in [-0.39, 0.29) is 6.61 Å². The van der Waals surface area contributed by atoms with Gasteiger partial charge in [0.05, 0.1) is 6.20 Å². The molecule has 0 bridgehead atoms. The van der Waals surface area contributed by atoms with Crippen LogP contribution < -0.4 is 5.32 Å². The number of benzene rings is 1. The van der Waals surface area contributed by atoms with E-state index < -0.39 is 11.7 Å². The topological polar surface area (TPSA) is 89.3 Å². The monoisotopic (exact) mass is 410 g/mol. The van der Waals surface area contributed by atoms with Crippen molar-refractivity contribution >= 4 is 17.1 Å². The Morgan fingerprint density at radius 3 is 2.73 bits per heavy atom. The summed E-state index contributed by atoms with van der Waals surface area (Å²) in [4.78, 5) is 16.4. The summed E-state index contributed by atoms with van der Waals surface area (Å²) in [6, 6.07) is 8.14. The van der Waals surface area contributed by atoms with Gasteiger partial charge in [0, 0.05) is 31.5 Å². The molecule has 0 aliphatic heterocycles. The smallest absolute Gasteiger partial charge is 0.407 e. The van der Waals surface area contributed by atoms with Crippen LogP contribution in [-0.4, -0.2) is 38.2 Å². The molecule has 160 valence electrons. The zero-order valence-corrected chi connectivity index (χ0v) is 18.1. The molecule has 2 aromatic heterocycles. The highest BCUT2D eigenvalue weighted by molar-refractivity contribution is 5.91. The van der Waals surface area contributed by atoms with Gasteiger partial charge in [0.2, 0.25) is 0 Å². The van der Waals surface area contributed by atoms with Crippen molar-refractivity contribution in [3.05, 3.63) is 47.8 Å². The maximum absolute atomic E-state index is 11.9. The number of nitrogens with one attached hydrogen (secondary N) is 1. The minimum Gasteiger partial charge on any atom is -0.444 e. The Balaban J connectivity index is 1.77. The van der Waals surface area contributed by atoms with Crippen molar-refractivity contribution in [1.29, 1.82) is 0 Å². The van der Waals surface area contributed by atoms with E-state index >= 15 is 0 Å². The number of alkyl carbamates (subject to hydrolysis) is 1. The van der Waals surface area contributed by atoms with Crippen molar-refractivity contribution in [2.24, 2.45) is 0 Å². The summed E-state index contributed by atoms with van der Waals surface area (Å²) in [5.74, 6) is 0. The largest absolute Gasteiger partial charge is 0.444 e. The number of carbonyl (C=O) groups is 1. The van der Waals surface area contributed by atoms with Gasteiger partial charge >= 0.3 is 6.09 Å². The summed E-state index contributed by atoms with van der Waals surface area (Å²) in [6.07, 6.45) is 4.95. The van der Waals surface area contributed by atoms with Crippen molar-refractivity contribution in [1.82, 2.24) is 20.1 Å². The molecule has 0 aliphatic rings. The van der Waals surface area contributed by atoms with Crippen LogP contribution in [0.5, 0.6) is 0 Å². The van der Waals surface area contributed by atoms with E-state index in [9.17, 15) is 4.79 Å². The number of unbranched alkanes of at least 4 members (excludes halogenated alkanes) is 1. The lowest BCUT2D eigenvalue weighted by Crippen LogP contribution is -2.32. The van der Waals surface area contributed by atoms with E-state index in [4.69, 9.17) is 14.9 Å². The molecule has 0 fully saturated rings. The average molecular weight is 411 g/mol. The van der Waals surface area contributed by atoms with Crippen LogP contribution in [0.4, 0.5) is 4.79 Å². The van der Waals surface area contributed by atoms with Crippen LogP contribution in [0.2, 0.25) is 0 Å². The number of rotatable bonds is 7. The highest BCUT2D eigenvalue weighted by Gasteiger charge is 2.16. The number of aliphatic hydroxyl groups excluding tert-OH is 1. The minimum atomic E-state index is -0.517. The maximum Gasteiger partial charge on any atom is 0.407 e. The molecular formula is C23H30N4O3. The summed E-state index contributed by atoms with van der Waals surface area (Å²) in [6.45, 7) is 8.92. The quantitative estimate of drug-likeness (QED) is 0.570. The van der Waals surface area contributed by atoms with E-state index in [1.807, 2.05) is 56.8 Å². The van der Waals surface area contributed by atoms with Gasteiger partial charge in [-0.3, -0.25) is 9.67 Å². The molecule has 0 saturated heterocycles. The van der Waals surface area contributed by atoms with Crippen molar-refractivity contribution in [2.45, 2.75) is 59.2 Å². The van der Waals surface area contributed by atoms with Crippen LogP contribution in [0, 0.1) is 6.92 Å². The van der Waals surface area contributed by atoms with Crippen molar-refractivity contribution in [3.63, 3.8) is 0 Å². The fourth-order valence-electron chi connectivity index (χ4n) is 3.24. The van der Waals surface area contributed by atoms with E-state index in [0.29, 0.717) is 6.54 Å². The van der Waals surface area contributed by atoms with Gasteiger partial charge in [-0.2, -0.15) is 5.10 Å². The van der Waals surface area contributed by atoms with Gasteiger partial charge in [-0.25, -0.2) is 4.79 Å². The Labute approximate surface area is 177 Å². The highest BCUT2D eigenvalue weighted by atomic mass is 16.6. The molecule has 0 radical (unpaired) electrons. The van der Waals surface area contributed by atoms with Gasteiger partial charge < -0.3 is 15.2 Å². The first kappa shape index (κ1) is 21.8. The normalized spacial score (nSPS) is 11.6. The highest BCUT2D eigenvalue weighted by Crippen LogP contribution is 2.28. The molecule has 0 atom stereocenters. The Morgan fingerprint density at radius 1 is 1.23 bits per heavy atom. The van der Waals surface area contributed by atoms with Crippen molar-refractivity contribution < 1.29 is 14.6 Å². The number of carbonyl (C=O) groups excluding carboxylic acids is 1. The molecule has 7 heteroatoms. The van der Waals surface area contributed by atoms with E-state index in [0.717, 1.165) is 52.7 Å². The summed E-state index contributed by atoms with van der Waals surface area (Å²) < 4.78 is 7.19. The molecule has 3 rings (SSSR count). The Bertz CT molecular complexity index is 1020. The van der Waals surface area contributed by atoms with Crippen LogP contribution >= 0.6 is 0 Å². The molecule has 7 nitrogen and oxygen atoms in total. The molecule has 30 heavy (non-hydrogen) atoms. The molecule has 1 aromatic carbocycles. The van der Waals surface area contributed by atoms with E-state index in [2.05, 4.69) is 16.4 Å². The zero-order chi connectivity index (χ0) is 21.7. The second kappa shape index (κ2) is 9.26. The van der Waals surface area contributed by atoms with Gasteiger partial charge in [0.1, 0.15) is 16.6 Å². The van der Waals surface area contributed by atoms with Crippen LogP contribution in [-0.2, 0) is 17.8 Å². The fourth-order valence-corrected chi connectivity index (χ4v) is 3.24. The third kappa shape index (κ3) is 5.57. The number of amides is 1. The molecule has 0 spiro atoms. The maximum atomic E-state index is 11.9. The summed E-state index contributed by atoms with van der Waals surface area (Å²) >= 11 is 0. The molecule has 0 aliphatic carbocycles. The standard InChI is InChI=1S/C23H30N4O3/c1-16-13-17(7-8-18(16)14-25-22(29)30-23(2,3)4)19-9-10-24-20-15-27(26-21(19)20)11-5-6-12-28/h7-10,13,15,28H,5-6,11-12,14H2,1-4H3,(H,25,29). The van der Waals surface area contributed by atoms with E-state index in [1.165, 1.54) is 0 Å². The number of pyridine rings is 1. The Hall–Kier alpha value is -2.93. The Morgan fingerprint density at radius 2 is 2.03 bits per heavy atom. The first-order valence-corrected chi connectivity index (χ1v) is 10.3. The number of nitrogens with zero attached hydrogens (tertiary/aromatic N) is 3. The van der Waals surface area contributed by atoms with Crippen LogP contribution in [0.1, 0.15) is 44.7 Å². The SMILES string of the molecule is Cc1cc(-c2ccnc3cn(CCCCO)nc23)ccc1CNC(=O)OC(C)(C)C. The number of ether oxygens (including phenoxy) is 1. The van der Waals surface area contributed by atoms with E-state index in [1.54, 1.807) is 6.20 Å². The number of fused-ring (bicyclic) bond motifs is 1. The molecular weight excluding hydrogens is 380 g/mol. The lowest BCUT2D eigenvalue weighted by molar-refractivity contribution is 0.0523. The van der Waals surface area contributed by atoms with Crippen LogP contribution in [0.25, 0.3) is 22.2 Å². The molecule has 2 N–H and O–H groups in total. The predicted molar refractivity (Wildman–Crippen MR) is 117 cm³/mol. The molecule has 0 saturated carbocycles. The fraction of sp³-hybridized carbons (Fsp3) is 0.435. The minimum absolute atomic E-state index is 0.193. The lowest BCUT2D eigenvalue weighted by Gasteiger charge is -2.20. The molecule has 3 aromatic rings. The molecule has 1 amide bonds. The van der Waals surface area contributed by atoms with Gasteiger partial charge in [0.15, 0.2) is 0 Å². The summed E-state index contributed by atoms with van der Waals surface area (Å²) in [7, 11) is 0. The van der Waals surface area contributed by atoms with Gasteiger partial charge in [0.25, 0.3) is 0 Å². The number of aliphatic hydroxyl groups is 1. The third-order valence-corrected chi connectivity index (χ3v) is 4.72. The number of hydrogen-bond donors (Lipinski definition) is 2. The average Bonchev–Trinajstić information content (AvgIpc) is 3.08. The van der Waals surface area contributed by atoms with Gasteiger partial charge in [-0.1, -0.05) is 18.2 Å². The van der Waals surface area contributed by atoms with Crippen LogP contribution in [0.15, 0.2) is 36.7 Å². The number of aryl methyl sites for hydroxylation is 2. The van der Waals surface area contributed by atoms with Crippen molar-refractivity contribution in [3.8, 4) is 11.1 Å².